The number of aliphatic hydroxyl groups is 1. The molecule has 5 nitrogen and oxygen atoms in total. The fourth-order valence-electron chi connectivity index (χ4n) is 1.90. The highest BCUT2D eigenvalue weighted by atomic mass is 16.4. The third-order valence-electron chi connectivity index (χ3n) is 3.14. The summed E-state index contributed by atoms with van der Waals surface area (Å²) in [5.74, 6) is -2.74. The molecule has 1 rings (SSSR count). The van der Waals surface area contributed by atoms with Crippen molar-refractivity contribution in [3.8, 4) is 0 Å². The maximum atomic E-state index is 11.4. The lowest BCUT2D eigenvalue weighted by Gasteiger charge is -2.32. The first-order chi connectivity index (χ1) is 7.44. The van der Waals surface area contributed by atoms with E-state index in [1.165, 1.54) is 6.92 Å². The van der Waals surface area contributed by atoms with E-state index >= 15 is 0 Å². The summed E-state index contributed by atoms with van der Waals surface area (Å²) in [5.41, 5.74) is -0.841. The number of hydrogen-bond acceptors (Lipinski definition) is 3. The monoisotopic (exact) mass is 229 g/mol. The van der Waals surface area contributed by atoms with Gasteiger partial charge in [0.05, 0.1) is 5.60 Å². The van der Waals surface area contributed by atoms with E-state index in [4.69, 9.17) is 5.11 Å². The Morgan fingerprint density at radius 1 is 1.31 bits per heavy atom. The van der Waals surface area contributed by atoms with Gasteiger partial charge in [0.2, 0.25) is 5.91 Å². The van der Waals surface area contributed by atoms with Gasteiger partial charge in [-0.05, 0) is 19.8 Å². The van der Waals surface area contributed by atoms with Crippen LogP contribution in [-0.4, -0.2) is 34.2 Å². The molecule has 0 heterocycles. The number of rotatable bonds is 4. The van der Waals surface area contributed by atoms with Crippen molar-refractivity contribution in [3.05, 3.63) is 0 Å². The standard InChI is InChI=1S/C11H19NO4/c1-8(10(14)15)9(13)12-7-11(16)5-3-2-4-6-11/h8,16H,2-7H2,1H3,(H,12,13)(H,14,15). The first-order valence-corrected chi connectivity index (χ1v) is 5.67. The lowest BCUT2D eigenvalue weighted by molar-refractivity contribution is -0.146. The average molecular weight is 229 g/mol. The van der Waals surface area contributed by atoms with Gasteiger partial charge >= 0.3 is 5.97 Å². The fourth-order valence-corrected chi connectivity index (χ4v) is 1.90. The quantitative estimate of drug-likeness (QED) is 0.613. The third-order valence-corrected chi connectivity index (χ3v) is 3.14. The van der Waals surface area contributed by atoms with Crippen molar-refractivity contribution in [1.29, 1.82) is 0 Å². The first-order valence-electron chi connectivity index (χ1n) is 5.67. The number of carbonyl (C=O) groups excluding carboxylic acids is 1. The Hall–Kier alpha value is -1.10. The predicted octanol–water partition coefficient (Wildman–Crippen LogP) is 0.518. The molecular formula is C11H19NO4. The summed E-state index contributed by atoms with van der Waals surface area (Å²) in [4.78, 5) is 21.9. The molecule has 0 aromatic heterocycles. The van der Waals surface area contributed by atoms with E-state index in [2.05, 4.69) is 5.32 Å². The van der Waals surface area contributed by atoms with E-state index in [0.717, 1.165) is 19.3 Å². The lowest BCUT2D eigenvalue weighted by atomic mass is 9.85. The molecule has 0 bridgehead atoms. The van der Waals surface area contributed by atoms with Crippen LogP contribution in [0.25, 0.3) is 0 Å². The molecule has 0 aliphatic heterocycles. The Bertz CT molecular complexity index is 271. The van der Waals surface area contributed by atoms with Crippen LogP contribution in [0.2, 0.25) is 0 Å². The van der Waals surface area contributed by atoms with Crippen LogP contribution in [0.15, 0.2) is 0 Å². The Labute approximate surface area is 94.8 Å². The maximum Gasteiger partial charge on any atom is 0.315 e. The minimum absolute atomic E-state index is 0.156. The summed E-state index contributed by atoms with van der Waals surface area (Å²) in [6, 6.07) is 0. The summed E-state index contributed by atoms with van der Waals surface area (Å²) >= 11 is 0. The van der Waals surface area contributed by atoms with Gasteiger partial charge in [-0.15, -0.1) is 0 Å². The van der Waals surface area contributed by atoms with E-state index < -0.39 is 23.4 Å². The van der Waals surface area contributed by atoms with Crippen molar-refractivity contribution in [1.82, 2.24) is 5.32 Å². The molecule has 1 fully saturated rings. The highest BCUT2D eigenvalue weighted by molar-refractivity contribution is 5.96. The van der Waals surface area contributed by atoms with Crippen molar-refractivity contribution in [3.63, 3.8) is 0 Å². The van der Waals surface area contributed by atoms with Gasteiger partial charge in [-0.2, -0.15) is 0 Å². The smallest absolute Gasteiger partial charge is 0.315 e. The van der Waals surface area contributed by atoms with Crippen molar-refractivity contribution in [2.45, 2.75) is 44.6 Å². The largest absolute Gasteiger partial charge is 0.481 e. The molecule has 16 heavy (non-hydrogen) atoms. The van der Waals surface area contributed by atoms with Crippen LogP contribution >= 0.6 is 0 Å². The SMILES string of the molecule is CC(C(=O)O)C(=O)NCC1(O)CCCCC1. The van der Waals surface area contributed by atoms with Gasteiger partial charge in [-0.3, -0.25) is 9.59 Å². The summed E-state index contributed by atoms with van der Waals surface area (Å²) in [5, 5.41) is 21.2. The van der Waals surface area contributed by atoms with E-state index in [9.17, 15) is 14.7 Å². The highest BCUT2D eigenvalue weighted by Gasteiger charge is 2.30. The number of carbonyl (C=O) groups is 2. The zero-order chi connectivity index (χ0) is 12.2. The Kier molecular flexibility index (Phi) is 4.29. The van der Waals surface area contributed by atoms with Gasteiger partial charge < -0.3 is 15.5 Å². The van der Waals surface area contributed by atoms with Crippen molar-refractivity contribution in [2.75, 3.05) is 6.54 Å². The normalized spacial score (nSPS) is 21.1. The second kappa shape index (κ2) is 5.30. The molecule has 1 aliphatic carbocycles. The summed E-state index contributed by atoms with van der Waals surface area (Å²) in [7, 11) is 0. The van der Waals surface area contributed by atoms with Gasteiger partial charge in [0.25, 0.3) is 0 Å². The summed E-state index contributed by atoms with van der Waals surface area (Å²) < 4.78 is 0. The lowest BCUT2D eigenvalue weighted by Crippen LogP contribution is -2.46. The van der Waals surface area contributed by atoms with Gasteiger partial charge in [-0.1, -0.05) is 19.3 Å². The van der Waals surface area contributed by atoms with Crippen LogP contribution in [0.3, 0.4) is 0 Å². The number of hydrogen-bond donors (Lipinski definition) is 3. The van der Waals surface area contributed by atoms with Gasteiger partial charge in [0.1, 0.15) is 5.92 Å². The molecule has 0 aromatic carbocycles. The van der Waals surface area contributed by atoms with Crippen molar-refractivity contribution in [2.24, 2.45) is 5.92 Å². The highest BCUT2D eigenvalue weighted by Crippen LogP contribution is 2.27. The molecular weight excluding hydrogens is 210 g/mol. The Balaban J connectivity index is 2.38. The molecule has 0 radical (unpaired) electrons. The van der Waals surface area contributed by atoms with Crippen molar-refractivity contribution < 1.29 is 19.8 Å². The third kappa shape index (κ3) is 3.48. The number of carboxylic acids is 1. The molecule has 1 atom stereocenters. The number of nitrogens with one attached hydrogen (secondary N) is 1. The molecule has 0 saturated heterocycles. The number of carboxylic acid groups (broad SMARTS) is 1. The van der Waals surface area contributed by atoms with Crippen molar-refractivity contribution >= 4 is 11.9 Å². The van der Waals surface area contributed by atoms with E-state index in [0.29, 0.717) is 12.8 Å². The van der Waals surface area contributed by atoms with Crippen LogP contribution in [-0.2, 0) is 9.59 Å². The van der Waals surface area contributed by atoms with Gasteiger partial charge in [-0.25, -0.2) is 0 Å². The Morgan fingerprint density at radius 3 is 2.38 bits per heavy atom. The average Bonchev–Trinajstić information content (AvgIpc) is 2.26. The number of aliphatic carboxylic acids is 1. The minimum atomic E-state index is -1.15. The zero-order valence-electron chi connectivity index (χ0n) is 9.53. The topological polar surface area (TPSA) is 86.6 Å². The molecule has 5 heteroatoms. The summed E-state index contributed by atoms with van der Waals surface area (Å²) in [6.07, 6.45) is 4.38. The van der Waals surface area contributed by atoms with E-state index in [1.54, 1.807) is 0 Å². The summed E-state index contributed by atoms with van der Waals surface area (Å²) in [6.45, 7) is 1.49. The van der Waals surface area contributed by atoms with Crippen LogP contribution in [0.4, 0.5) is 0 Å². The molecule has 0 aromatic rings. The molecule has 92 valence electrons. The maximum absolute atomic E-state index is 11.4. The zero-order valence-corrected chi connectivity index (χ0v) is 9.53. The van der Waals surface area contributed by atoms with E-state index in [1.807, 2.05) is 0 Å². The van der Waals surface area contributed by atoms with E-state index in [-0.39, 0.29) is 6.54 Å². The van der Waals surface area contributed by atoms with Crippen LogP contribution < -0.4 is 5.32 Å². The molecule has 1 saturated carbocycles. The van der Waals surface area contributed by atoms with Crippen LogP contribution in [0.5, 0.6) is 0 Å². The molecule has 1 aliphatic rings. The number of amides is 1. The van der Waals surface area contributed by atoms with Crippen LogP contribution in [0, 0.1) is 5.92 Å². The fraction of sp³-hybridized carbons (Fsp3) is 0.818. The molecule has 3 N–H and O–H groups in total. The Morgan fingerprint density at radius 2 is 1.88 bits per heavy atom. The molecule has 1 amide bonds. The predicted molar refractivity (Wildman–Crippen MR) is 57.8 cm³/mol. The molecule has 1 unspecified atom stereocenters. The minimum Gasteiger partial charge on any atom is -0.481 e. The van der Waals surface area contributed by atoms with Crippen LogP contribution in [0.1, 0.15) is 39.0 Å². The first kappa shape index (κ1) is 13.0. The molecule has 0 spiro atoms. The second-order valence-corrected chi connectivity index (χ2v) is 4.56. The second-order valence-electron chi connectivity index (χ2n) is 4.56. The van der Waals surface area contributed by atoms with Gasteiger partial charge in [0, 0.05) is 6.54 Å². The van der Waals surface area contributed by atoms with Gasteiger partial charge in [0.15, 0.2) is 0 Å².